The minimum absolute atomic E-state index is 0.0801. The molecule has 6 heteroatoms. The topological polar surface area (TPSA) is 75.7 Å². The summed E-state index contributed by atoms with van der Waals surface area (Å²) in [7, 11) is 2.18. The number of carbonyl (C=O) groups is 3. The van der Waals surface area contributed by atoms with Gasteiger partial charge in [-0.25, -0.2) is 0 Å². The average Bonchev–Trinajstić information content (AvgIpc) is 2.93. The Morgan fingerprint density at radius 3 is 2.54 bits per heavy atom. The largest absolute Gasteiger partial charge is 0.465 e. The van der Waals surface area contributed by atoms with Crippen molar-refractivity contribution in [3.63, 3.8) is 0 Å². The summed E-state index contributed by atoms with van der Waals surface area (Å²) in [6.45, 7) is 0.401. The zero-order valence-corrected chi connectivity index (χ0v) is 16.4. The third-order valence-corrected chi connectivity index (χ3v) is 6.73. The Morgan fingerprint density at radius 2 is 1.75 bits per heavy atom. The minimum Gasteiger partial charge on any atom is -0.465 e. The lowest BCUT2D eigenvalue weighted by Gasteiger charge is -2.43. The number of rotatable bonds is 0. The molecule has 0 saturated carbocycles. The Hall–Kier alpha value is -2.21. The highest BCUT2D eigenvalue weighted by Gasteiger charge is 2.46. The van der Waals surface area contributed by atoms with E-state index in [0.717, 1.165) is 18.5 Å². The number of ketones is 1. The Bertz CT molecular complexity index is 760. The summed E-state index contributed by atoms with van der Waals surface area (Å²) in [6.07, 6.45) is 3.89. The lowest BCUT2D eigenvalue weighted by molar-refractivity contribution is -0.147. The average molecular weight is 384 g/mol. The van der Waals surface area contributed by atoms with Crippen LogP contribution in [0.15, 0.2) is 24.3 Å². The molecule has 4 bridgehead atoms. The first-order valence-corrected chi connectivity index (χ1v) is 10.3. The number of hydrogen-bond acceptors (Lipinski definition) is 5. The zero-order chi connectivity index (χ0) is 19.7. The van der Waals surface area contributed by atoms with Gasteiger partial charge in [0.05, 0.1) is 13.0 Å². The molecular weight excluding hydrogens is 356 g/mol. The fraction of sp³-hybridized carbons (Fsp3) is 0.591. The van der Waals surface area contributed by atoms with Crippen LogP contribution >= 0.6 is 0 Å². The molecule has 28 heavy (non-hydrogen) atoms. The summed E-state index contributed by atoms with van der Waals surface area (Å²) in [6, 6.07) is 9.02. The van der Waals surface area contributed by atoms with Crippen LogP contribution in [0.5, 0.6) is 0 Å². The summed E-state index contributed by atoms with van der Waals surface area (Å²) in [5.74, 6) is 0.00809. The maximum absolute atomic E-state index is 12.2. The number of esters is 1. The quantitative estimate of drug-likeness (QED) is 0.696. The van der Waals surface area contributed by atoms with E-state index in [-0.39, 0.29) is 49.3 Å². The number of benzene rings is 1. The molecule has 0 aromatic heterocycles. The number of amides is 1. The summed E-state index contributed by atoms with van der Waals surface area (Å²) in [4.78, 5) is 38.7. The first-order chi connectivity index (χ1) is 13.5. The van der Waals surface area contributed by atoms with Crippen LogP contribution < -0.4 is 5.32 Å². The van der Waals surface area contributed by atoms with E-state index >= 15 is 0 Å². The minimum atomic E-state index is -0.318. The Labute approximate surface area is 165 Å². The molecule has 1 amide bonds. The molecule has 2 saturated heterocycles. The Kier molecular flexibility index (Phi) is 5.49. The van der Waals surface area contributed by atoms with E-state index in [9.17, 15) is 14.4 Å². The van der Waals surface area contributed by atoms with Gasteiger partial charge in [-0.15, -0.1) is 0 Å². The molecule has 4 atom stereocenters. The van der Waals surface area contributed by atoms with Gasteiger partial charge in [0.1, 0.15) is 5.78 Å². The van der Waals surface area contributed by atoms with Crippen LogP contribution in [0.4, 0.5) is 5.69 Å². The number of Topliss-reactive ketones (excluding diaryl/α,β-unsaturated/α-hetero) is 1. The maximum atomic E-state index is 12.2. The molecular formula is C22H28N2O4. The van der Waals surface area contributed by atoms with Gasteiger partial charge in [0.2, 0.25) is 5.91 Å². The van der Waals surface area contributed by atoms with Gasteiger partial charge in [0.15, 0.2) is 0 Å². The summed E-state index contributed by atoms with van der Waals surface area (Å²) in [5.41, 5.74) is 2.00. The van der Waals surface area contributed by atoms with Crippen molar-refractivity contribution in [1.29, 1.82) is 0 Å². The highest BCUT2D eigenvalue weighted by atomic mass is 16.5. The first-order valence-electron chi connectivity index (χ1n) is 10.3. The summed E-state index contributed by atoms with van der Waals surface area (Å²) < 4.78 is 5.62. The molecule has 2 fully saturated rings. The van der Waals surface area contributed by atoms with Gasteiger partial charge in [-0.2, -0.15) is 0 Å². The summed E-state index contributed by atoms with van der Waals surface area (Å²) >= 11 is 0. The second-order valence-corrected chi connectivity index (χ2v) is 8.36. The molecule has 1 N–H and O–H groups in total. The number of carbonyl (C=O) groups excluding carboxylic acids is 3. The van der Waals surface area contributed by atoms with Crippen molar-refractivity contribution in [1.82, 2.24) is 4.90 Å². The maximum Gasteiger partial charge on any atom is 0.306 e. The number of ether oxygens (including phenoxy) is 1. The Balaban J connectivity index is 1.60. The van der Waals surface area contributed by atoms with Crippen LogP contribution in [0.1, 0.15) is 56.4 Å². The second kappa shape index (κ2) is 8.03. The van der Waals surface area contributed by atoms with Crippen LogP contribution in [0.3, 0.4) is 0 Å². The predicted octanol–water partition coefficient (Wildman–Crippen LogP) is 2.88. The first kappa shape index (κ1) is 19.1. The van der Waals surface area contributed by atoms with Crippen molar-refractivity contribution in [2.45, 2.75) is 62.9 Å². The van der Waals surface area contributed by atoms with Crippen LogP contribution in [-0.2, 0) is 19.1 Å². The monoisotopic (exact) mass is 384 g/mol. The molecule has 0 spiro atoms. The van der Waals surface area contributed by atoms with E-state index in [0.29, 0.717) is 24.6 Å². The normalized spacial score (nSPS) is 32.0. The van der Waals surface area contributed by atoms with Crippen LogP contribution in [-0.4, -0.2) is 48.3 Å². The van der Waals surface area contributed by atoms with E-state index in [4.69, 9.17) is 4.74 Å². The van der Waals surface area contributed by atoms with Crippen LogP contribution in [0.2, 0.25) is 0 Å². The molecule has 1 aromatic carbocycles. The van der Waals surface area contributed by atoms with Gasteiger partial charge in [-0.3, -0.25) is 14.4 Å². The van der Waals surface area contributed by atoms with Gasteiger partial charge < -0.3 is 15.0 Å². The van der Waals surface area contributed by atoms with Crippen LogP contribution in [0, 0.1) is 5.92 Å². The highest BCUT2D eigenvalue weighted by Crippen LogP contribution is 2.46. The number of hydrogen-bond donors (Lipinski definition) is 1. The van der Waals surface area contributed by atoms with Crippen molar-refractivity contribution in [2.75, 3.05) is 19.0 Å². The molecule has 4 aliphatic heterocycles. The molecule has 150 valence electrons. The standard InChI is InChI=1S/C22H28N2O4/c1-24-16-6-9-20(24)19-13-28-22(27)11-8-17(25)7-10-21(26)23-15-4-2-14(3-5-15)18(19)12-16/h2-5,16,18-20H,6-13H2,1H3,(H,23,26)/t16-,18+,19-,20+/m0/s1. The van der Waals surface area contributed by atoms with Crippen molar-refractivity contribution in [3.8, 4) is 0 Å². The number of nitrogens with zero attached hydrogens (tertiary/aromatic N) is 1. The molecule has 6 nitrogen and oxygen atoms in total. The third kappa shape index (κ3) is 3.97. The van der Waals surface area contributed by atoms with Gasteiger partial charge in [0.25, 0.3) is 0 Å². The van der Waals surface area contributed by atoms with Crippen molar-refractivity contribution >= 4 is 23.3 Å². The van der Waals surface area contributed by atoms with E-state index in [1.54, 1.807) is 0 Å². The fourth-order valence-corrected chi connectivity index (χ4v) is 5.11. The smallest absolute Gasteiger partial charge is 0.306 e. The Morgan fingerprint density at radius 1 is 1.00 bits per heavy atom. The fourth-order valence-electron chi connectivity index (χ4n) is 5.11. The van der Waals surface area contributed by atoms with Gasteiger partial charge in [-0.05, 0) is 49.9 Å². The van der Waals surface area contributed by atoms with Gasteiger partial charge >= 0.3 is 5.97 Å². The molecule has 0 radical (unpaired) electrons. The zero-order valence-electron chi connectivity index (χ0n) is 16.4. The van der Waals surface area contributed by atoms with Crippen molar-refractivity contribution < 1.29 is 19.1 Å². The molecule has 4 aliphatic rings. The lowest BCUT2D eigenvalue weighted by atomic mass is 9.76. The van der Waals surface area contributed by atoms with E-state index < -0.39 is 0 Å². The predicted molar refractivity (Wildman–Crippen MR) is 105 cm³/mol. The van der Waals surface area contributed by atoms with Gasteiger partial charge in [0, 0.05) is 43.0 Å². The van der Waals surface area contributed by atoms with E-state index in [2.05, 4.69) is 29.4 Å². The van der Waals surface area contributed by atoms with E-state index in [1.165, 1.54) is 12.0 Å². The summed E-state index contributed by atoms with van der Waals surface area (Å²) in [5, 5.41) is 2.86. The lowest BCUT2D eigenvalue weighted by Crippen LogP contribution is -2.47. The van der Waals surface area contributed by atoms with Crippen LogP contribution in [0.25, 0.3) is 0 Å². The molecule has 4 heterocycles. The molecule has 1 aromatic rings. The van der Waals surface area contributed by atoms with E-state index in [1.807, 2.05) is 12.1 Å². The SMILES string of the molecule is CN1[C@H]2CC[C@@H]1[C@H]1COC(=O)CCC(=O)CCC(=O)Nc3ccc(cc3)[C@H]1C2. The highest BCUT2D eigenvalue weighted by molar-refractivity contribution is 5.94. The number of anilines is 1. The third-order valence-electron chi connectivity index (χ3n) is 6.73. The molecule has 0 aliphatic carbocycles. The van der Waals surface area contributed by atoms with Crippen molar-refractivity contribution in [2.24, 2.45) is 5.92 Å². The molecule has 5 rings (SSSR count). The van der Waals surface area contributed by atoms with Crippen molar-refractivity contribution in [3.05, 3.63) is 29.8 Å². The number of nitrogens with one attached hydrogen (secondary N) is 1. The van der Waals surface area contributed by atoms with Gasteiger partial charge in [-0.1, -0.05) is 12.1 Å². The second-order valence-electron chi connectivity index (χ2n) is 8.36. The number of fused-ring (bicyclic) bond motifs is 13. The number of piperidine rings is 1. The molecule has 0 unspecified atom stereocenters.